The van der Waals surface area contributed by atoms with Gasteiger partial charge in [-0.15, -0.1) is 13.2 Å². The Bertz CT molecular complexity index is 848. The summed E-state index contributed by atoms with van der Waals surface area (Å²) in [6.07, 6.45) is -3.12. The molecule has 0 radical (unpaired) electrons. The molecule has 0 saturated carbocycles. The second-order valence-electron chi connectivity index (χ2n) is 5.05. The van der Waals surface area contributed by atoms with Crippen molar-refractivity contribution in [3.8, 4) is 17.1 Å². The highest BCUT2D eigenvalue weighted by Gasteiger charge is 2.30. The van der Waals surface area contributed by atoms with E-state index < -0.39 is 6.36 Å². The molecule has 0 aliphatic heterocycles. The van der Waals surface area contributed by atoms with Gasteiger partial charge in [-0.1, -0.05) is 23.7 Å². The van der Waals surface area contributed by atoms with Gasteiger partial charge in [0, 0.05) is 16.3 Å². The maximum atomic E-state index is 12.1. The molecule has 1 N–H and O–H groups in total. The number of anilines is 1. The second-order valence-corrected chi connectivity index (χ2v) is 5.49. The van der Waals surface area contributed by atoms with Gasteiger partial charge in [0.05, 0.1) is 12.7 Å². The number of rotatable bonds is 5. The Morgan fingerprint density at radius 3 is 2.56 bits per heavy atom. The van der Waals surface area contributed by atoms with Crippen molar-refractivity contribution in [2.24, 2.45) is 0 Å². The smallest absolute Gasteiger partial charge is 0.439 e. The Morgan fingerprint density at radius 1 is 1.12 bits per heavy atom. The minimum atomic E-state index is -4.70. The van der Waals surface area contributed by atoms with Gasteiger partial charge in [-0.05, 0) is 36.4 Å². The van der Waals surface area contributed by atoms with Crippen molar-refractivity contribution in [1.29, 1.82) is 0 Å². The summed E-state index contributed by atoms with van der Waals surface area (Å²) in [7, 11) is 0. The lowest BCUT2D eigenvalue weighted by Crippen LogP contribution is -2.17. The third kappa shape index (κ3) is 4.90. The molecule has 0 aliphatic carbocycles. The Hall–Kier alpha value is -2.67. The number of alkyl halides is 3. The Balaban J connectivity index is 1.61. The molecule has 0 spiro atoms. The van der Waals surface area contributed by atoms with Gasteiger partial charge in [0.1, 0.15) is 5.75 Å². The molecule has 25 heavy (non-hydrogen) atoms. The number of hydrogen-bond acceptors (Lipinski definition) is 4. The monoisotopic (exact) mass is 368 g/mol. The lowest BCUT2D eigenvalue weighted by molar-refractivity contribution is -0.274. The average molecular weight is 369 g/mol. The summed E-state index contributed by atoms with van der Waals surface area (Å²) in [5.41, 5.74) is 1.41. The summed E-state index contributed by atoms with van der Waals surface area (Å²) in [5.74, 6) is 0.733. The molecule has 0 unspecified atom stereocenters. The van der Waals surface area contributed by atoms with Crippen LogP contribution in [0.25, 0.3) is 11.3 Å². The molecule has 1 heterocycles. The number of halogens is 4. The molecule has 0 atom stereocenters. The highest BCUT2D eigenvalue weighted by atomic mass is 35.5. The largest absolute Gasteiger partial charge is 0.573 e. The van der Waals surface area contributed by atoms with Gasteiger partial charge in [-0.2, -0.15) is 0 Å². The van der Waals surface area contributed by atoms with Crippen LogP contribution in [-0.2, 0) is 6.54 Å². The predicted molar refractivity (Wildman–Crippen MR) is 87.4 cm³/mol. The van der Waals surface area contributed by atoms with E-state index in [0.717, 1.165) is 5.56 Å². The zero-order chi connectivity index (χ0) is 17.9. The van der Waals surface area contributed by atoms with Crippen molar-refractivity contribution in [1.82, 2.24) is 4.98 Å². The second kappa shape index (κ2) is 7.06. The first kappa shape index (κ1) is 17.2. The number of oxazole rings is 1. The first-order valence-electron chi connectivity index (χ1n) is 7.19. The summed E-state index contributed by atoms with van der Waals surface area (Å²) >= 11 is 5.94. The molecular formula is C17H12ClF3N2O2. The van der Waals surface area contributed by atoms with Crippen LogP contribution in [0.2, 0.25) is 5.02 Å². The van der Waals surface area contributed by atoms with Crippen LogP contribution in [0.4, 0.5) is 18.9 Å². The maximum absolute atomic E-state index is 12.1. The number of benzene rings is 2. The van der Waals surface area contributed by atoms with E-state index in [0.29, 0.717) is 22.4 Å². The summed E-state index contributed by atoms with van der Waals surface area (Å²) in [4.78, 5) is 4.16. The lowest BCUT2D eigenvalue weighted by atomic mass is 10.2. The minimum absolute atomic E-state index is 0.278. The summed E-state index contributed by atoms with van der Waals surface area (Å²) in [5, 5.41) is 3.60. The quantitative estimate of drug-likeness (QED) is 0.645. The fourth-order valence-electron chi connectivity index (χ4n) is 2.12. The van der Waals surface area contributed by atoms with Gasteiger partial charge in [0.15, 0.2) is 5.76 Å². The van der Waals surface area contributed by atoms with E-state index >= 15 is 0 Å². The minimum Gasteiger partial charge on any atom is -0.439 e. The maximum Gasteiger partial charge on any atom is 0.573 e. The van der Waals surface area contributed by atoms with E-state index in [1.165, 1.54) is 24.3 Å². The number of nitrogens with zero attached hydrogens (tertiary/aromatic N) is 1. The van der Waals surface area contributed by atoms with Gasteiger partial charge in [0.2, 0.25) is 5.89 Å². The molecule has 2 aromatic carbocycles. The number of nitrogens with one attached hydrogen (secondary N) is 1. The number of aromatic nitrogens is 1. The fraction of sp³-hybridized carbons (Fsp3) is 0.118. The summed E-state index contributed by atoms with van der Waals surface area (Å²) in [6.45, 7) is 0.278. The highest BCUT2D eigenvalue weighted by Crippen LogP contribution is 2.25. The summed E-state index contributed by atoms with van der Waals surface area (Å²) in [6, 6.07) is 12.6. The zero-order valence-corrected chi connectivity index (χ0v) is 13.4. The van der Waals surface area contributed by atoms with Gasteiger partial charge in [-0.25, -0.2) is 4.98 Å². The molecular weight excluding hydrogens is 357 g/mol. The SMILES string of the molecule is FC(F)(F)Oc1ccc(NCc2ncc(-c3cccc(Cl)c3)o2)cc1. The van der Waals surface area contributed by atoms with E-state index in [1.54, 1.807) is 18.3 Å². The van der Waals surface area contributed by atoms with Crippen molar-refractivity contribution < 1.29 is 22.3 Å². The molecule has 0 aliphatic rings. The van der Waals surface area contributed by atoms with Gasteiger partial charge >= 0.3 is 6.36 Å². The highest BCUT2D eigenvalue weighted by molar-refractivity contribution is 6.30. The molecule has 0 bridgehead atoms. The average Bonchev–Trinajstić information content (AvgIpc) is 3.02. The number of hydrogen-bond donors (Lipinski definition) is 1. The first-order chi connectivity index (χ1) is 11.9. The molecule has 3 aromatic rings. The Labute approximate surface area is 146 Å². The van der Waals surface area contributed by atoms with Gasteiger partial charge in [0.25, 0.3) is 0 Å². The molecule has 8 heteroatoms. The van der Waals surface area contributed by atoms with Crippen LogP contribution >= 0.6 is 11.6 Å². The molecule has 3 rings (SSSR count). The zero-order valence-electron chi connectivity index (χ0n) is 12.7. The predicted octanol–water partition coefficient (Wildman–Crippen LogP) is 5.51. The van der Waals surface area contributed by atoms with Crippen LogP contribution in [0.3, 0.4) is 0 Å². The van der Waals surface area contributed by atoms with E-state index in [9.17, 15) is 13.2 Å². The van der Waals surface area contributed by atoms with E-state index in [1.807, 2.05) is 12.1 Å². The fourth-order valence-corrected chi connectivity index (χ4v) is 2.31. The van der Waals surface area contributed by atoms with Gasteiger partial charge < -0.3 is 14.5 Å². The van der Waals surface area contributed by atoms with Crippen LogP contribution in [0.5, 0.6) is 5.75 Å². The normalized spacial score (nSPS) is 11.4. The molecule has 1 aromatic heterocycles. The van der Waals surface area contributed by atoms with Gasteiger partial charge in [-0.3, -0.25) is 0 Å². The van der Waals surface area contributed by atoms with E-state index in [2.05, 4.69) is 15.0 Å². The van der Waals surface area contributed by atoms with Crippen LogP contribution in [-0.4, -0.2) is 11.3 Å². The van der Waals surface area contributed by atoms with Crippen molar-refractivity contribution in [3.05, 3.63) is 65.6 Å². The Morgan fingerprint density at radius 2 is 1.88 bits per heavy atom. The van der Waals surface area contributed by atoms with Crippen LogP contribution in [0.1, 0.15) is 5.89 Å². The van der Waals surface area contributed by atoms with Crippen molar-refractivity contribution >= 4 is 17.3 Å². The molecule has 0 fully saturated rings. The molecule has 130 valence electrons. The van der Waals surface area contributed by atoms with Crippen molar-refractivity contribution in [2.45, 2.75) is 12.9 Å². The van der Waals surface area contributed by atoms with Crippen LogP contribution in [0.15, 0.2) is 59.1 Å². The van der Waals surface area contributed by atoms with Crippen molar-refractivity contribution in [3.63, 3.8) is 0 Å². The standard InChI is InChI=1S/C17H12ClF3N2O2/c18-12-3-1-2-11(8-12)15-9-23-16(24-15)10-22-13-4-6-14(7-5-13)25-17(19,20)21/h1-9,22H,10H2. The van der Waals surface area contributed by atoms with Crippen molar-refractivity contribution in [2.75, 3.05) is 5.32 Å². The van der Waals surface area contributed by atoms with Crippen LogP contribution in [0, 0.1) is 0 Å². The molecule has 4 nitrogen and oxygen atoms in total. The lowest BCUT2D eigenvalue weighted by Gasteiger charge is -2.09. The topological polar surface area (TPSA) is 47.3 Å². The van der Waals surface area contributed by atoms with E-state index in [-0.39, 0.29) is 12.3 Å². The van der Waals surface area contributed by atoms with Crippen LogP contribution < -0.4 is 10.1 Å². The summed E-state index contributed by atoms with van der Waals surface area (Å²) < 4.78 is 45.8. The molecule has 0 amide bonds. The Kier molecular flexibility index (Phi) is 4.85. The third-order valence-corrected chi connectivity index (χ3v) is 3.43. The molecule has 0 saturated heterocycles. The number of ether oxygens (including phenoxy) is 1. The third-order valence-electron chi connectivity index (χ3n) is 3.19. The van der Waals surface area contributed by atoms with E-state index in [4.69, 9.17) is 16.0 Å². The first-order valence-corrected chi connectivity index (χ1v) is 7.57.